The van der Waals surface area contributed by atoms with Crippen LogP contribution in [0.1, 0.15) is 30.6 Å². The van der Waals surface area contributed by atoms with Gasteiger partial charge in [0, 0.05) is 5.56 Å². The predicted molar refractivity (Wildman–Crippen MR) is 94.9 cm³/mol. The molecule has 2 atom stereocenters. The van der Waals surface area contributed by atoms with Crippen molar-refractivity contribution >= 4 is 5.91 Å². The van der Waals surface area contributed by atoms with E-state index in [1.807, 2.05) is 19.9 Å². The second-order valence-electron chi connectivity index (χ2n) is 5.88. The zero-order valence-electron chi connectivity index (χ0n) is 15.0. The van der Waals surface area contributed by atoms with E-state index in [1.165, 1.54) is 6.20 Å². The molecule has 0 aliphatic carbocycles. The summed E-state index contributed by atoms with van der Waals surface area (Å²) in [6.07, 6.45) is 2.34. The maximum absolute atomic E-state index is 12.6. The first-order valence-corrected chi connectivity index (χ1v) is 8.23. The minimum atomic E-state index is -0.300. The highest BCUT2D eigenvalue weighted by Crippen LogP contribution is 2.32. The van der Waals surface area contributed by atoms with Crippen molar-refractivity contribution in [3.8, 4) is 22.8 Å². The van der Waals surface area contributed by atoms with Crippen LogP contribution in [0.3, 0.4) is 0 Å². The van der Waals surface area contributed by atoms with Gasteiger partial charge in [-0.3, -0.25) is 9.89 Å². The number of methoxy groups -OCH3 is 2. The quantitative estimate of drug-likeness (QED) is 0.680. The van der Waals surface area contributed by atoms with Gasteiger partial charge in [0.2, 0.25) is 0 Å². The summed E-state index contributed by atoms with van der Waals surface area (Å²) in [4.78, 5) is 12.6. The van der Waals surface area contributed by atoms with Crippen LogP contribution in [0.4, 0.5) is 0 Å². The summed E-state index contributed by atoms with van der Waals surface area (Å²) in [5.74, 6) is 1.06. The fourth-order valence-corrected chi connectivity index (χ4v) is 2.57. The van der Waals surface area contributed by atoms with Gasteiger partial charge in [-0.15, -0.1) is 0 Å². The van der Waals surface area contributed by atoms with Crippen LogP contribution in [-0.4, -0.2) is 48.1 Å². The van der Waals surface area contributed by atoms with Crippen molar-refractivity contribution in [1.82, 2.24) is 15.5 Å². The Labute approximate surface area is 147 Å². The highest BCUT2D eigenvalue weighted by molar-refractivity contribution is 6.00. The number of ether oxygens (including phenoxy) is 2. The first-order valence-electron chi connectivity index (χ1n) is 8.23. The van der Waals surface area contributed by atoms with E-state index in [9.17, 15) is 9.90 Å². The van der Waals surface area contributed by atoms with E-state index in [0.717, 1.165) is 12.0 Å². The number of carbonyl (C=O) groups is 1. The van der Waals surface area contributed by atoms with E-state index in [-0.39, 0.29) is 24.5 Å². The fourth-order valence-electron chi connectivity index (χ4n) is 2.57. The number of aromatic nitrogens is 2. The number of nitrogens with zero attached hydrogens (tertiary/aromatic N) is 1. The van der Waals surface area contributed by atoms with E-state index in [1.54, 1.807) is 26.4 Å². The Bertz CT molecular complexity index is 714. The normalized spacial score (nSPS) is 13.2. The molecule has 2 aromatic rings. The predicted octanol–water partition coefficient (Wildman–Crippen LogP) is 2.23. The molecule has 1 amide bonds. The van der Waals surface area contributed by atoms with Crippen molar-refractivity contribution in [2.24, 2.45) is 5.92 Å². The van der Waals surface area contributed by atoms with Crippen LogP contribution < -0.4 is 14.8 Å². The molecule has 2 rings (SSSR count). The maximum Gasteiger partial charge on any atom is 0.255 e. The average Bonchev–Trinajstić information content (AvgIpc) is 3.14. The monoisotopic (exact) mass is 347 g/mol. The van der Waals surface area contributed by atoms with E-state index in [2.05, 4.69) is 15.5 Å². The average molecular weight is 347 g/mol. The summed E-state index contributed by atoms with van der Waals surface area (Å²) in [5, 5.41) is 19.2. The van der Waals surface area contributed by atoms with Gasteiger partial charge in [0.1, 0.15) is 0 Å². The Hall–Kier alpha value is -2.54. The van der Waals surface area contributed by atoms with Crippen LogP contribution in [0.2, 0.25) is 0 Å². The molecule has 0 spiro atoms. The fraction of sp³-hybridized carbons (Fsp3) is 0.444. The smallest absolute Gasteiger partial charge is 0.255 e. The van der Waals surface area contributed by atoms with Crippen LogP contribution in [0, 0.1) is 5.92 Å². The summed E-state index contributed by atoms with van der Waals surface area (Å²) in [6, 6.07) is 5.07. The molecule has 0 aliphatic heterocycles. The minimum Gasteiger partial charge on any atom is -0.493 e. The van der Waals surface area contributed by atoms with Crippen molar-refractivity contribution in [3.05, 3.63) is 30.0 Å². The van der Waals surface area contributed by atoms with Gasteiger partial charge in [-0.2, -0.15) is 5.10 Å². The number of hydrogen-bond acceptors (Lipinski definition) is 5. The summed E-state index contributed by atoms with van der Waals surface area (Å²) in [7, 11) is 3.12. The molecule has 3 N–H and O–H groups in total. The molecule has 0 radical (unpaired) electrons. The largest absolute Gasteiger partial charge is 0.493 e. The van der Waals surface area contributed by atoms with Crippen LogP contribution in [0.25, 0.3) is 11.3 Å². The third-order valence-electron chi connectivity index (χ3n) is 4.40. The number of nitrogens with one attached hydrogen (secondary N) is 2. The second kappa shape index (κ2) is 8.53. The summed E-state index contributed by atoms with van der Waals surface area (Å²) in [6.45, 7) is 3.91. The number of carbonyl (C=O) groups excluding carboxylic acids is 1. The molecule has 7 nitrogen and oxygen atoms in total. The summed E-state index contributed by atoms with van der Waals surface area (Å²) < 4.78 is 10.5. The van der Waals surface area contributed by atoms with Crippen LogP contribution in [-0.2, 0) is 0 Å². The highest BCUT2D eigenvalue weighted by atomic mass is 16.5. The molecule has 0 unspecified atom stereocenters. The highest BCUT2D eigenvalue weighted by Gasteiger charge is 2.22. The van der Waals surface area contributed by atoms with Crippen molar-refractivity contribution in [1.29, 1.82) is 0 Å². The van der Waals surface area contributed by atoms with Crippen molar-refractivity contribution < 1.29 is 19.4 Å². The van der Waals surface area contributed by atoms with Gasteiger partial charge in [-0.1, -0.05) is 20.3 Å². The lowest BCUT2D eigenvalue weighted by atomic mass is 9.99. The van der Waals surface area contributed by atoms with Crippen molar-refractivity contribution in [2.75, 3.05) is 20.8 Å². The number of amides is 1. The molecule has 7 heteroatoms. The Morgan fingerprint density at radius 3 is 2.64 bits per heavy atom. The van der Waals surface area contributed by atoms with Gasteiger partial charge < -0.3 is 19.9 Å². The number of aromatic amines is 1. The lowest BCUT2D eigenvalue weighted by Crippen LogP contribution is -2.41. The molecule has 136 valence electrons. The van der Waals surface area contributed by atoms with Crippen molar-refractivity contribution in [3.63, 3.8) is 0 Å². The molecule has 1 heterocycles. The summed E-state index contributed by atoms with van der Waals surface area (Å²) in [5.41, 5.74) is 1.75. The maximum atomic E-state index is 12.6. The summed E-state index contributed by atoms with van der Waals surface area (Å²) >= 11 is 0. The van der Waals surface area contributed by atoms with Crippen LogP contribution in [0.15, 0.2) is 24.4 Å². The zero-order chi connectivity index (χ0) is 18.4. The SMILES string of the molecule is CC[C@H](C)[C@@H](CO)NC(=O)c1cn[nH]c1-c1ccc(OC)c(OC)c1. The molecule has 1 aromatic heterocycles. The first kappa shape index (κ1) is 18.8. The van der Waals surface area contributed by atoms with E-state index >= 15 is 0 Å². The molecular weight excluding hydrogens is 322 g/mol. The number of aliphatic hydroxyl groups is 1. The third-order valence-corrected chi connectivity index (χ3v) is 4.40. The number of H-pyrrole nitrogens is 1. The molecule has 0 saturated carbocycles. The Morgan fingerprint density at radius 1 is 1.32 bits per heavy atom. The minimum absolute atomic E-state index is 0.107. The molecule has 0 fully saturated rings. The topological polar surface area (TPSA) is 96.5 Å². The van der Waals surface area contributed by atoms with Gasteiger partial charge in [-0.25, -0.2) is 0 Å². The number of rotatable bonds is 8. The molecule has 25 heavy (non-hydrogen) atoms. The number of benzene rings is 1. The van der Waals surface area contributed by atoms with Gasteiger partial charge in [0.25, 0.3) is 5.91 Å². The lowest BCUT2D eigenvalue weighted by Gasteiger charge is -2.22. The Kier molecular flexibility index (Phi) is 6.41. The standard InChI is InChI=1S/C18H25N3O4/c1-5-11(2)14(10-22)20-18(23)13-9-19-21-17(13)12-6-7-15(24-3)16(8-12)25-4/h6-9,11,14,22H,5,10H2,1-4H3,(H,19,21)(H,20,23)/t11-,14+/m0/s1. The van der Waals surface area contributed by atoms with Crippen molar-refractivity contribution in [2.45, 2.75) is 26.3 Å². The number of aliphatic hydroxyl groups excluding tert-OH is 1. The second-order valence-corrected chi connectivity index (χ2v) is 5.88. The Morgan fingerprint density at radius 2 is 2.04 bits per heavy atom. The van der Waals surface area contributed by atoms with E-state index < -0.39 is 0 Å². The van der Waals surface area contributed by atoms with E-state index in [4.69, 9.17) is 9.47 Å². The van der Waals surface area contributed by atoms with Crippen LogP contribution >= 0.6 is 0 Å². The zero-order valence-corrected chi connectivity index (χ0v) is 15.0. The van der Waals surface area contributed by atoms with Crippen LogP contribution in [0.5, 0.6) is 11.5 Å². The molecular formula is C18H25N3O4. The van der Waals surface area contributed by atoms with Gasteiger partial charge in [0.05, 0.1) is 44.3 Å². The molecule has 0 saturated heterocycles. The van der Waals surface area contributed by atoms with Gasteiger partial charge in [0.15, 0.2) is 11.5 Å². The van der Waals surface area contributed by atoms with Gasteiger partial charge in [-0.05, 0) is 24.1 Å². The third kappa shape index (κ3) is 4.11. The van der Waals surface area contributed by atoms with Gasteiger partial charge >= 0.3 is 0 Å². The lowest BCUT2D eigenvalue weighted by molar-refractivity contribution is 0.0892. The molecule has 0 bridgehead atoms. The Balaban J connectivity index is 2.29. The number of hydrogen-bond donors (Lipinski definition) is 3. The van der Waals surface area contributed by atoms with E-state index in [0.29, 0.717) is 22.8 Å². The first-order chi connectivity index (χ1) is 12.0. The molecule has 0 aliphatic rings. The molecule has 1 aromatic carbocycles.